The van der Waals surface area contributed by atoms with Crippen molar-refractivity contribution in [2.75, 3.05) is 0 Å². The summed E-state index contributed by atoms with van der Waals surface area (Å²) in [5.41, 5.74) is 0.751. The lowest BCUT2D eigenvalue weighted by Gasteiger charge is -2.06. The highest BCUT2D eigenvalue weighted by atomic mass is 15.3. The molecule has 1 saturated carbocycles. The molecule has 1 aromatic heterocycles. The molecule has 0 aliphatic heterocycles. The first kappa shape index (κ1) is 11.6. The predicted molar refractivity (Wildman–Crippen MR) is 63.9 cm³/mol. The molecule has 1 fully saturated rings. The van der Waals surface area contributed by atoms with E-state index in [2.05, 4.69) is 43.2 Å². The first-order valence-corrected chi connectivity index (χ1v) is 5.86. The molecule has 0 unspecified atom stereocenters. The minimum atomic E-state index is 0.376. The number of rotatable bonds is 3. The van der Waals surface area contributed by atoms with Crippen molar-refractivity contribution < 1.29 is 0 Å². The molecule has 1 aromatic rings. The quantitative estimate of drug-likeness (QED) is 0.845. The summed E-state index contributed by atoms with van der Waals surface area (Å²) in [4.78, 5) is 0. The fraction of sp³-hybridized carbons (Fsp3) is 0.833. The van der Waals surface area contributed by atoms with Crippen LogP contribution in [0.1, 0.15) is 39.3 Å². The normalized spacial score (nSPS) is 22.4. The molecule has 0 saturated heterocycles. The van der Waals surface area contributed by atoms with Gasteiger partial charge in [-0.1, -0.05) is 27.7 Å². The summed E-state index contributed by atoms with van der Waals surface area (Å²) in [5, 5.41) is 11.8. The Hall–Kier alpha value is -0.900. The Morgan fingerprint density at radius 1 is 1.19 bits per heavy atom. The van der Waals surface area contributed by atoms with E-state index in [1.807, 2.05) is 18.5 Å². The summed E-state index contributed by atoms with van der Waals surface area (Å²) in [5.74, 6) is 1.97. The molecule has 1 N–H and O–H groups in total. The van der Waals surface area contributed by atoms with Gasteiger partial charge in [0.25, 0.3) is 0 Å². The van der Waals surface area contributed by atoms with Gasteiger partial charge in [-0.3, -0.25) is 0 Å². The largest absolute Gasteiger partial charge is 0.317 e. The van der Waals surface area contributed by atoms with Crippen molar-refractivity contribution in [2.45, 2.75) is 47.2 Å². The number of hydrogen-bond acceptors (Lipinski definition) is 3. The van der Waals surface area contributed by atoms with Crippen molar-refractivity contribution in [1.82, 2.24) is 20.1 Å². The standard InChI is InChI=1S/C12H22N4/c1-8-14-15-9(16(8)6)7-13-10-11(2,3)12(10,4)5/h10,13H,7H2,1-6H3. The van der Waals surface area contributed by atoms with Crippen LogP contribution < -0.4 is 5.32 Å². The van der Waals surface area contributed by atoms with E-state index in [0.717, 1.165) is 18.2 Å². The molecule has 1 aliphatic carbocycles. The highest BCUT2D eigenvalue weighted by Gasteiger charge is 2.64. The second kappa shape index (κ2) is 3.29. The van der Waals surface area contributed by atoms with Crippen molar-refractivity contribution in [3.05, 3.63) is 11.6 Å². The summed E-state index contributed by atoms with van der Waals surface area (Å²) in [6.45, 7) is 12.0. The van der Waals surface area contributed by atoms with Crippen LogP contribution in [-0.2, 0) is 13.6 Å². The van der Waals surface area contributed by atoms with Gasteiger partial charge in [-0.05, 0) is 17.8 Å². The van der Waals surface area contributed by atoms with Gasteiger partial charge in [-0.15, -0.1) is 10.2 Å². The first-order chi connectivity index (χ1) is 7.28. The molecule has 4 nitrogen and oxygen atoms in total. The maximum absolute atomic E-state index is 4.16. The van der Waals surface area contributed by atoms with Crippen LogP contribution >= 0.6 is 0 Å². The van der Waals surface area contributed by atoms with Crippen LogP contribution in [0.15, 0.2) is 0 Å². The zero-order valence-electron chi connectivity index (χ0n) is 11.1. The van der Waals surface area contributed by atoms with E-state index in [4.69, 9.17) is 0 Å². The van der Waals surface area contributed by atoms with Crippen molar-refractivity contribution in [2.24, 2.45) is 17.9 Å². The van der Waals surface area contributed by atoms with Crippen molar-refractivity contribution in [3.63, 3.8) is 0 Å². The molecule has 16 heavy (non-hydrogen) atoms. The summed E-state index contributed by atoms with van der Waals surface area (Å²) in [7, 11) is 2.01. The summed E-state index contributed by atoms with van der Waals surface area (Å²) < 4.78 is 2.04. The third-order valence-corrected chi connectivity index (χ3v) is 4.67. The smallest absolute Gasteiger partial charge is 0.146 e. The van der Waals surface area contributed by atoms with Crippen LogP contribution in [-0.4, -0.2) is 20.8 Å². The van der Waals surface area contributed by atoms with Gasteiger partial charge >= 0.3 is 0 Å². The summed E-state index contributed by atoms with van der Waals surface area (Å²) in [6, 6.07) is 0.567. The molecule has 0 bridgehead atoms. The van der Waals surface area contributed by atoms with Gasteiger partial charge in [0.05, 0.1) is 6.54 Å². The Balaban J connectivity index is 1.98. The van der Waals surface area contributed by atoms with Crippen LogP contribution in [0.5, 0.6) is 0 Å². The highest BCUT2D eigenvalue weighted by Crippen LogP contribution is 2.62. The Morgan fingerprint density at radius 2 is 1.75 bits per heavy atom. The maximum Gasteiger partial charge on any atom is 0.146 e. The Labute approximate surface area is 97.5 Å². The van der Waals surface area contributed by atoms with Crippen LogP contribution in [0.25, 0.3) is 0 Å². The zero-order valence-corrected chi connectivity index (χ0v) is 11.1. The molecule has 90 valence electrons. The predicted octanol–water partition coefficient (Wildman–Crippen LogP) is 1.65. The number of aromatic nitrogens is 3. The lowest BCUT2D eigenvalue weighted by Crippen LogP contribution is -2.23. The number of aryl methyl sites for hydroxylation is 1. The maximum atomic E-state index is 4.16. The SMILES string of the molecule is Cc1nnc(CNC2C(C)(C)C2(C)C)n1C. The molecule has 4 heteroatoms. The Bertz CT molecular complexity index is 389. The molecule has 1 aliphatic rings. The van der Waals surface area contributed by atoms with Gasteiger partial charge in [0.15, 0.2) is 0 Å². The molecular weight excluding hydrogens is 200 g/mol. The van der Waals surface area contributed by atoms with Gasteiger partial charge in [0.2, 0.25) is 0 Å². The number of hydrogen-bond donors (Lipinski definition) is 1. The first-order valence-electron chi connectivity index (χ1n) is 5.86. The van der Waals surface area contributed by atoms with Gasteiger partial charge in [-0.2, -0.15) is 0 Å². The third kappa shape index (κ3) is 1.47. The monoisotopic (exact) mass is 222 g/mol. The van der Waals surface area contributed by atoms with E-state index in [9.17, 15) is 0 Å². The van der Waals surface area contributed by atoms with Gasteiger partial charge in [0.1, 0.15) is 11.6 Å². The van der Waals surface area contributed by atoms with Crippen LogP contribution in [0.2, 0.25) is 0 Å². The van der Waals surface area contributed by atoms with Gasteiger partial charge in [0, 0.05) is 13.1 Å². The summed E-state index contributed by atoms with van der Waals surface area (Å²) in [6.07, 6.45) is 0. The van der Waals surface area contributed by atoms with Gasteiger partial charge in [-0.25, -0.2) is 0 Å². The van der Waals surface area contributed by atoms with Crippen molar-refractivity contribution in [1.29, 1.82) is 0 Å². The van der Waals surface area contributed by atoms with E-state index in [1.165, 1.54) is 0 Å². The lowest BCUT2D eigenvalue weighted by molar-refractivity contribution is 0.457. The third-order valence-electron chi connectivity index (χ3n) is 4.67. The van der Waals surface area contributed by atoms with Crippen LogP contribution in [0.4, 0.5) is 0 Å². The van der Waals surface area contributed by atoms with Crippen LogP contribution in [0, 0.1) is 17.8 Å². The van der Waals surface area contributed by atoms with Crippen molar-refractivity contribution >= 4 is 0 Å². The zero-order chi connectivity index (χ0) is 12.1. The minimum Gasteiger partial charge on any atom is -0.317 e. The van der Waals surface area contributed by atoms with E-state index in [0.29, 0.717) is 16.9 Å². The topological polar surface area (TPSA) is 42.7 Å². The lowest BCUT2D eigenvalue weighted by atomic mass is 10.0. The molecular formula is C12H22N4. The molecule has 0 amide bonds. The second-order valence-corrected chi connectivity index (χ2v) is 5.98. The van der Waals surface area contributed by atoms with Gasteiger partial charge < -0.3 is 9.88 Å². The fourth-order valence-corrected chi connectivity index (χ4v) is 2.50. The molecule has 0 radical (unpaired) electrons. The second-order valence-electron chi connectivity index (χ2n) is 5.98. The average Bonchev–Trinajstić information content (AvgIpc) is 2.43. The summed E-state index contributed by atoms with van der Waals surface area (Å²) >= 11 is 0. The van der Waals surface area contributed by atoms with Crippen LogP contribution in [0.3, 0.4) is 0 Å². The molecule has 0 aromatic carbocycles. The van der Waals surface area contributed by atoms with E-state index < -0.39 is 0 Å². The Morgan fingerprint density at radius 3 is 2.12 bits per heavy atom. The van der Waals surface area contributed by atoms with E-state index in [-0.39, 0.29) is 0 Å². The highest BCUT2D eigenvalue weighted by molar-refractivity contribution is 5.18. The Kier molecular flexibility index (Phi) is 2.38. The number of nitrogens with one attached hydrogen (secondary N) is 1. The average molecular weight is 222 g/mol. The molecule has 0 spiro atoms. The van der Waals surface area contributed by atoms with E-state index in [1.54, 1.807) is 0 Å². The number of nitrogens with zero attached hydrogens (tertiary/aromatic N) is 3. The molecule has 2 rings (SSSR count). The molecule has 1 heterocycles. The van der Waals surface area contributed by atoms with Crippen molar-refractivity contribution in [3.8, 4) is 0 Å². The minimum absolute atomic E-state index is 0.376. The fourth-order valence-electron chi connectivity index (χ4n) is 2.50. The van der Waals surface area contributed by atoms with E-state index >= 15 is 0 Å². The molecule has 0 atom stereocenters.